The number of alkyl halides is 3. The largest absolute Gasteiger partial charge is 0.433 e. The molecule has 0 fully saturated rings. The maximum absolute atomic E-state index is 13.4. The molecule has 0 aliphatic heterocycles. The molecule has 0 saturated heterocycles. The van der Waals surface area contributed by atoms with Crippen LogP contribution in [0.4, 0.5) is 18.2 Å². The van der Waals surface area contributed by atoms with E-state index in [1.165, 1.54) is 11.3 Å². The number of hydrogen-bond donors (Lipinski definition) is 1. The van der Waals surface area contributed by atoms with E-state index in [4.69, 9.17) is 0 Å². The Morgan fingerprint density at radius 3 is 2.76 bits per heavy atom. The smallest absolute Gasteiger partial charge is 0.316 e. The Labute approximate surface area is 197 Å². The molecule has 5 nitrogen and oxygen atoms in total. The Morgan fingerprint density at radius 2 is 2.06 bits per heavy atom. The second-order valence-corrected chi connectivity index (χ2v) is 9.84. The van der Waals surface area contributed by atoms with Crippen molar-refractivity contribution in [2.24, 2.45) is 5.92 Å². The molecule has 0 radical (unpaired) electrons. The Balaban J connectivity index is 1.51. The van der Waals surface area contributed by atoms with E-state index in [2.05, 4.69) is 28.3 Å². The lowest BCUT2D eigenvalue weighted by atomic mass is 9.89. The molecule has 3 aromatic rings. The lowest BCUT2D eigenvalue weighted by Gasteiger charge is -2.17. The molecule has 0 bridgehead atoms. The molecule has 10 heteroatoms. The molecule has 1 N–H and O–H groups in total. The molecule has 2 aromatic heterocycles. The van der Waals surface area contributed by atoms with E-state index in [9.17, 15) is 23.2 Å². The van der Waals surface area contributed by atoms with E-state index in [-0.39, 0.29) is 16.6 Å². The molecule has 33 heavy (non-hydrogen) atoms. The minimum absolute atomic E-state index is 0.132. The van der Waals surface area contributed by atoms with Gasteiger partial charge < -0.3 is 5.32 Å². The topological polar surface area (TPSA) is 78.7 Å². The lowest BCUT2D eigenvalue weighted by Crippen LogP contribution is -2.15. The van der Waals surface area contributed by atoms with Gasteiger partial charge in [-0.05, 0) is 36.8 Å². The number of nitrogens with zero attached hydrogens (tertiary/aromatic N) is 3. The van der Waals surface area contributed by atoms with Crippen LogP contribution in [0.2, 0.25) is 0 Å². The van der Waals surface area contributed by atoms with Gasteiger partial charge in [0.2, 0.25) is 5.91 Å². The molecule has 1 atom stereocenters. The van der Waals surface area contributed by atoms with Crippen molar-refractivity contribution in [1.82, 2.24) is 9.97 Å². The third-order valence-electron chi connectivity index (χ3n) is 5.27. The fourth-order valence-corrected chi connectivity index (χ4v) is 5.68. The van der Waals surface area contributed by atoms with Crippen molar-refractivity contribution in [1.29, 1.82) is 5.26 Å². The molecular formula is C23H19F3N4OS2. The maximum atomic E-state index is 13.4. The Bertz CT molecular complexity index is 1220. The first-order chi connectivity index (χ1) is 15.7. The zero-order chi connectivity index (χ0) is 23.6. The molecule has 1 aromatic carbocycles. The zero-order valence-corrected chi connectivity index (χ0v) is 19.2. The summed E-state index contributed by atoms with van der Waals surface area (Å²) in [4.78, 5) is 21.5. The number of anilines is 1. The van der Waals surface area contributed by atoms with E-state index in [0.717, 1.165) is 47.5 Å². The van der Waals surface area contributed by atoms with Crippen LogP contribution >= 0.6 is 23.1 Å². The predicted octanol–water partition coefficient (Wildman–Crippen LogP) is 5.95. The highest BCUT2D eigenvalue weighted by atomic mass is 32.2. The molecule has 170 valence electrons. The summed E-state index contributed by atoms with van der Waals surface area (Å²) < 4.78 is 40.1. The summed E-state index contributed by atoms with van der Waals surface area (Å²) in [6.45, 7) is 2.16. The van der Waals surface area contributed by atoms with Gasteiger partial charge in [-0.2, -0.15) is 18.4 Å². The third kappa shape index (κ3) is 5.37. The van der Waals surface area contributed by atoms with Crippen molar-refractivity contribution < 1.29 is 18.0 Å². The minimum Gasteiger partial charge on any atom is -0.316 e. The molecule has 1 aliphatic carbocycles. The highest BCUT2D eigenvalue weighted by Gasteiger charge is 2.34. The summed E-state index contributed by atoms with van der Waals surface area (Å²) >= 11 is 2.23. The van der Waals surface area contributed by atoms with Gasteiger partial charge in [0, 0.05) is 10.4 Å². The van der Waals surface area contributed by atoms with Gasteiger partial charge in [0.1, 0.15) is 16.8 Å². The van der Waals surface area contributed by atoms with Gasteiger partial charge in [0.25, 0.3) is 0 Å². The molecule has 1 amide bonds. The summed E-state index contributed by atoms with van der Waals surface area (Å²) in [6, 6.07) is 11.6. The van der Waals surface area contributed by atoms with Crippen molar-refractivity contribution in [3.05, 3.63) is 58.1 Å². The van der Waals surface area contributed by atoms with Gasteiger partial charge in [-0.1, -0.05) is 49.0 Å². The Morgan fingerprint density at radius 1 is 1.30 bits per heavy atom. The molecular weight excluding hydrogens is 469 g/mol. The van der Waals surface area contributed by atoms with E-state index in [0.29, 0.717) is 22.0 Å². The minimum atomic E-state index is -4.64. The summed E-state index contributed by atoms with van der Waals surface area (Å²) in [5.41, 5.74) is 1.08. The average Bonchev–Trinajstić information content (AvgIpc) is 3.13. The first-order valence-electron chi connectivity index (χ1n) is 10.2. The third-order valence-corrected chi connectivity index (χ3v) is 7.29. The zero-order valence-electron chi connectivity index (χ0n) is 17.6. The Kier molecular flexibility index (Phi) is 6.72. The number of thiophene rings is 1. The fourth-order valence-electron chi connectivity index (χ4n) is 3.64. The van der Waals surface area contributed by atoms with Gasteiger partial charge in [-0.3, -0.25) is 4.79 Å². The number of hydrogen-bond acceptors (Lipinski definition) is 6. The van der Waals surface area contributed by atoms with Gasteiger partial charge in [0.05, 0.1) is 17.0 Å². The van der Waals surface area contributed by atoms with Gasteiger partial charge >= 0.3 is 6.18 Å². The average molecular weight is 489 g/mol. The second kappa shape index (κ2) is 9.53. The van der Waals surface area contributed by atoms with Crippen LogP contribution in [0, 0.1) is 17.2 Å². The molecule has 0 saturated carbocycles. The first kappa shape index (κ1) is 23.3. The van der Waals surface area contributed by atoms with Crippen molar-refractivity contribution >= 4 is 34.0 Å². The normalized spacial score (nSPS) is 15.5. The number of rotatable bonds is 5. The number of aromatic nitrogens is 2. The molecule has 1 aliphatic rings. The van der Waals surface area contributed by atoms with E-state index < -0.39 is 17.8 Å². The molecule has 2 heterocycles. The number of nitriles is 1. The van der Waals surface area contributed by atoms with Crippen molar-refractivity contribution in [3.8, 4) is 17.3 Å². The number of carbonyl (C=O) groups is 1. The summed E-state index contributed by atoms with van der Waals surface area (Å²) in [6.07, 6.45) is -1.96. The van der Waals surface area contributed by atoms with Gasteiger partial charge in [0.15, 0.2) is 5.16 Å². The quantitative estimate of drug-likeness (QED) is 0.355. The predicted molar refractivity (Wildman–Crippen MR) is 122 cm³/mol. The van der Waals surface area contributed by atoms with Crippen LogP contribution in [-0.2, 0) is 23.8 Å². The van der Waals surface area contributed by atoms with Gasteiger partial charge in [-0.25, -0.2) is 9.97 Å². The van der Waals surface area contributed by atoms with Gasteiger partial charge in [-0.15, -0.1) is 11.3 Å². The van der Waals surface area contributed by atoms with Crippen molar-refractivity contribution in [3.63, 3.8) is 0 Å². The number of amides is 1. The first-order valence-corrected chi connectivity index (χ1v) is 12.0. The van der Waals surface area contributed by atoms with Crippen LogP contribution in [0.3, 0.4) is 0 Å². The monoisotopic (exact) mass is 488 g/mol. The highest BCUT2D eigenvalue weighted by Crippen LogP contribution is 2.39. The van der Waals surface area contributed by atoms with Crippen LogP contribution in [-0.4, -0.2) is 21.6 Å². The second-order valence-electron chi connectivity index (χ2n) is 7.79. The molecule has 0 unspecified atom stereocenters. The van der Waals surface area contributed by atoms with Crippen LogP contribution in [0.5, 0.6) is 0 Å². The van der Waals surface area contributed by atoms with Crippen LogP contribution in [0.15, 0.2) is 41.6 Å². The van der Waals surface area contributed by atoms with Crippen LogP contribution in [0.1, 0.15) is 35.0 Å². The van der Waals surface area contributed by atoms with Crippen molar-refractivity contribution in [2.75, 3.05) is 11.1 Å². The van der Waals surface area contributed by atoms with E-state index in [1.54, 1.807) is 30.3 Å². The lowest BCUT2D eigenvalue weighted by molar-refractivity contribution is -0.141. The number of halogens is 3. The maximum Gasteiger partial charge on any atom is 0.433 e. The SMILES string of the molecule is C[C@@H]1CCc2c(sc(NC(=O)CSc3nc(-c4ccccc4)cc(C(F)(F)F)n3)c2C#N)C1. The van der Waals surface area contributed by atoms with Crippen LogP contribution < -0.4 is 5.32 Å². The van der Waals surface area contributed by atoms with Crippen molar-refractivity contribution in [2.45, 2.75) is 37.5 Å². The number of nitrogens with one attached hydrogen (secondary N) is 1. The van der Waals surface area contributed by atoms with E-state index >= 15 is 0 Å². The number of benzene rings is 1. The Hall–Kier alpha value is -2.90. The molecule has 0 spiro atoms. The van der Waals surface area contributed by atoms with E-state index in [1.807, 2.05) is 0 Å². The summed E-state index contributed by atoms with van der Waals surface area (Å²) in [5, 5.41) is 12.7. The number of fused-ring (bicyclic) bond motifs is 1. The number of thioether (sulfide) groups is 1. The van der Waals surface area contributed by atoms with Crippen LogP contribution in [0.25, 0.3) is 11.3 Å². The number of carbonyl (C=O) groups excluding carboxylic acids is 1. The fraction of sp³-hybridized carbons (Fsp3) is 0.304. The molecule has 4 rings (SSSR count). The summed E-state index contributed by atoms with van der Waals surface area (Å²) in [5.74, 6) is -0.0802. The highest BCUT2D eigenvalue weighted by molar-refractivity contribution is 7.99. The summed E-state index contributed by atoms with van der Waals surface area (Å²) in [7, 11) is 0. The standard InChI is InChI=1S/C23H19F3N4OS2/c1-13-7-8-15-16(11-27)21(33-18(15)9-13)30-20(31)12-32-22-28-17(14-5-3-2-4-6-14)10-19(29-22)23(24,25)26/h2-6,10,13H,7-9,12H2,1H3,(H,30,31)/t13-/m1/s1.